The number of nitrogens with two attached hydrogens (primary N) is 2. The SMILES string of the molecule is COc1cccc2c1C(=O)c1c(O)c3c(c(O)c1C2=O)C[C@@](O)(C(=O)CO)C[C@@H]3OC1CC(NC(=O)[C@H](CC(C)C)NC(=O)[C@H](CO)NC(=O)[C@H](CO)NC(=O)[C@H](CO)NC(=O)[C@H](CCC(N)=O)NC(=O)[C@H](Cc2ccc(O)cc2)NC(=O)[C@H](CCCN)NC(C)=O)C(O)C(C)O1. The highest BCUT2D eigenvalue weighted by molar-refractivity contribution is 6.31. The molecular formula is C63H84N10O24. The van der Waals surface area contributed by atoms with Crippen LogP contribution in [0.15, 0.2) is 42.5 Å². The fourth-order valence-electron chi connectivity index (χ4n) is 11.5. The first-order chi connectivity index (χ1) is 45.8. The smallest absolute Gasteiger partial charge is 0.245 e. The number of aromatic hydroxyl groups is 3. The normalized spacial score (nSPS) is 20.9. The Morgan fingerprint density at radius 3 is 1.73 bits per heavy atom. The number of phenolic OH excluding ortho intramolecular Hbond substituents is 3. The summed E-state index contributed by atoms with van der Waals surface area (Å²) in [4.78, 5) is 162. The average Bonchev–Trinajstić information content (AvgIpc) is 0.712. The highest BCUT2D eigenvalue weighted by atomic mass is 16.7. The summed E-state index contributed by atoms with van der Waals surface area (Å²) in [5.41, 5.74) is 6.45. The molecule has 9 amide bonds. The number of carbonyl (C=O) groups is 12. The maximum atomic E-state index is 14.3. The maximum absolute atomic E-state index is 14.3. The maximum Gasteiger partial charge on any atom is 0.245 e. The van der Waals surface area contributed by atoms with Crippen LogP contribution in [-0.4, -0.2) is 229 Å². The summed E-state index contributed by atoms with van der Waals surface area (Å²) >= 11 is 0. The number of ether oxygens (including phenoxy) is 3. The lowest BCUT2D eigenvalue weighted by Crippen LogP contribution is -2.62. The number of aliphatic hydroxyl groups excluding tert-OH is 5. The van der Waals surface area contributed by atoms with Gasteiger partial charge in [-0.05, 0) is 68.8 Å². The van der Waals surface area contributed by atoms with Crippen LogP contribution in [-0.2, 0) is 70.3 Å². The molecule has 21 N–H and O–H groups in total. The molecule has 34 heteroatoms. The first kappa shape index (κ1) is 76.8. The molecule has 6 rings (SSSR count). The van der Waals surface area contributed by atoms with Crippen LogP contribution in [0, 0.1) is 5.92 Å². The van der Waals surface area contributed by atoms with Gasteiger partial charge in [0.15, 0.2) is 17.9 Å². The number of amides is 9. The summed E-state index contributed by atoms with van der Waals surface area (Å²) in [5, 5.41) is 117. The molecule has 530 valence electrons. The van der Waals surface area contributed by atoms with Crippen molar-refractivity contribution >= 4 is 70.5 Å². The van der Waals surface area contributed by atoms with Gasteiger partial charge < -0.3 is 114 Å². The summed E-state index contributed by atoms with van der Waals surface area (Å²) in [7, 11) is 1.24. The van der Waals surface area contributed by atoms with Crippen LogP contribution < -0.4 is 58.7 Å². The van der Waals surface area contributed by atoms with Gasteiger partial charge >= 0.3 is 0 Å². The quantitative estimate of drug-likeness (QED) is 0.0198. The molecular weight excluding hydrogens is 1280 g/mol. The molecule has 97 heavy (non-hydrogen) atoms. The van der Waals surface area contributed by atoms with Gasteiger partial charge in [-0.2, -0.15) is 0 Å². The first-order valence-corrected chi connectivity index (χ1v) is 31.1. The van der Waals surface area contributed by atoms with Gasteiger partial charge in [0, 0.05) is 55.7 Å². The van der Waals surface area contributed by atoms with Gasteiger partial charge in [-0.3, -0.25) is 57.5 Å². The summed E-state index contributed by atoms with van der Waals surface area (Å²) in [6.45, 7) is 1.29. The highest BCUT2D eigenvalue weighted by Gasteiger charge is 2.51. The van der Waals surface area contributed by atoms with Crippen molar-refractivity contribution in [3.8, 4) is 23.0 Å². The second kappa shape index (κ2) is 34.1. The summed E-state index contributed by atoms with van der Waals surface area (Å²) in [6, 6.07) is -3.45. The minimum absolute atomic E-state index is 0.0326. The van der Waals surface area contributed by atoms with Gasteiger partial charge in [0.25, 0.3) is 0 Å². The summed E-state index contributed by atoms with van der Waals surface area (Å²) in [5.74, 6) is -14.6. The van der Waals surface area contributed by atoms with Crippen molar-refractivity contribution < 1.29 is 118 Å². The van der Waals surface area contributed by atoms with E-state index in [1.165, 1.54) is 63.4 Å². The second-order valence-corrected chi connectivity index (χ2v) is 24.2. The number of primary amides is 1. The number of aliphatic hydroxyl groups is 6. The molecule has 0 radical (unpaired) electrons. The van der Waals surface area contributed by atoms with E-state index in [4.69, 9.17) is 25.7 Å². The van der Waals surface area contributed by atoms with Gasteiger partial charge in [0.1, 0.15) is 83.6 Å². The fraction of sp³-hybridized carbons (Fsp3) is 0.524. The first-order valence-electron chi connectivity index (χ1n) is 31.1. The molecule has 0 saturated carbocycles. The number of fused-ring (bicyclic) bond motifs is 3. The van der Waals surface area contributed by atoms with Crippen LogP contribution in [0.2, 0.25) is 0 Å². The van der Waals surface area contributed by atoms with Crippen LogP contribution in [0.3, 0.4) is 0 Å². The standard InChI is InChI=1S/C63H84N10O24/c1-27(2)18-37(58(89)68-36-20-46(96-28(3)51(36)82)97-43-22-63(94,44(80)26-77)21-33-48(43)55(86)50-49(53(33)84)52(83)32-8-6-10-42(95-5)47(32)54(50)85)69-60(91)39(23-74)72-62(93)41(25-76)73-61(92)40(24-75)71-57(88)35(15-16-45(65)81)67-59(90)38(19-30-11-13-31(79)14-12-30)70-56(87)34(9-7-17-64)66-29(4)78/h6,8,10-14,27-28,34-41,43,46,51,74-77,79,82,84,86,94H,7,9,15-26,64H2,1-5H3,(H2,65,81)(H,66,78)(H,67,90)(H,68,89)(H,69,91)(H,70,87)(H,71,88)(H,72,93)(H,73,92)/t28?,34-,35-,36?,37-,38-,39-,40-,41-,43-,46?,51?,63-/m0/s1. The van der Waals surface area contributed by atoms with Crippen molar-refractivity contribution in [1.29, 1.82) is 0 Å². The third kappa shape index (κ3) is 18.9. The summed E-state index contributed by atoms with van der Waals surface area (Å²) in [6.07, 6.45) is -8.92. The Hall–Kier alpha value is -9.26. The Morgan fingerprint density at radius 2 is 1.21 bits per heavy atom. The zero-order valence-electron chi connectivity index (χ0n) is 53.7. The third-order valence-electron chi connectivity index (χ3n) is 16.6. The molecule has 3 aromatic rings. The monoisotopic (exact) mass is 1360 g/mol. The number of nitrogens with one attached hydrogen (secondary N) is 8. The van der Waals surface area contributed by atoms with Crippen LogP contribution in [0.1, 0.15) is 127 Å². The van der Waals surface area contributed by atoms with Crippen molar-refractivity contribution in [3.05, 3.63) is 81.4 Å². The Balaban J connectivity index is 1.14. The van der Waals surface area contributed by atoms with Crippen molar-refractivity contribution in [2.45, 2.75) is 164 Å². The molecule has 2 aliphatic carbocycles. The number of carbonyl (C=O) groups excluding carboxylic acids is 12. The largest absolute Gasteiger partial charge is 0.508 e. The fourth-order valence-corrected chi connectivity index (χ4v) is 11.5. The molecule has 0 spiro atoms. The molecule has 13 atom stereocenters. The molecule has 0 aromatic heterocycles. The summed E-state index contributed by atoms with van der Waals surface area (Å²) < 4.78 is 17.6. The number of phenols is 3. The number of ketones is 3. The van der Waals surface area contributed by atoms with Gasteiger partial charge in [-0.1, -0.05) is 38.1 Å². The number of methoxy groups -OCH3 is 1. The highest BCUT2D eigenvalue weighted by Crippen LogP contribution is 2.52. The van der Waals surface area contributed by atoms with E-state index in [0.717, 1.165) is 0 Å². The molecule has 1 heterocycles. The Morgan fingerprint density at radius 1 is 0.680 bits per heavy atom. The Bertz CT molecular complexity index is 3460. The molecule has 1 fully saturated rings. The van der Waals surface area contributed by atoms with Crippen LogP contribution >= 0.6 is 0 Å². The lowest BCUT2D eigenvalue weighted by molar-refractivity contribution is -0.249. The van der Waals surface area contributed by atoms with E-state index in [-0.39, 0.29) is 65.5 Å². The Kier molecular flexibility index (Phi) is 27.0. The number of Topliss-reactive ketones (excluding diaryl/α,β-unsaturated/α-hetero) is 1. The molecule has 1 aliphatic heterocycles. The molecule has 3 aromatic carbocycles. The lowest BCUT2D eigenvalue weighted by atomic mass is 9.72. The van der Waals surface area contributed by atoms with Crippen molar-refractivity contribution in [2.75, 3.05) is 40.1 Å². The van der Waals surface area contributed by atoms with Crippen molar-refractivity contribution in [3.63, 3.8) is 0 Å². The lowest BCUT2D eigenvalue weighted by Gasteiger charge is -2.43. The predicted octanol–water partition coefficient (Wildman–Crippen LogP) is -5.45. The topological polar surface area (TPSA) is 563 Å². The Labute approximate surface area is 554 Å². The van der Waals surface area contributed by atoms with E-state index in [1.54, 1.807) is 13.8 Å². The molecule has 3 aliphatic rings. The van der Waals surface area contributed by atoms with Gasteiger partial charge in [0.05, 0.1) is 61.9 Å². The second-order valence-electron chi connectivity index (χ2n) is 24.2. The van der Waals surface area contributed by atoms with Crippen LogP contribution in [0.4, 0.5) is 0 Å². The van der Waals surface area contributed by atoms with E-state index in [0.29, 0.717) is 12.0 Å². The minimum Gasteiger partial charge on any atom is -0.508 e. The number of benzene rings is 3. The van der Waals surface area contributed by atoms with Crippen LogP contribution in [0.5, 0.6) is 23.0 Å². The van der Waals surface area contributed by atoms with Gasteiger partial charge in [-0.15, -0.1) is 0 Å². The predicted molar refractivity (Wildman–Crippen MR) is 334 cm³/mol. The van der Waals surface area contributed by atoms with E-state index in [9.17, 15) is 103 Å². The van der Waals surface area contributed by atoms with Crippen molar-refractivity contribution in [2.24, 2.45) is 17.4 Å². The van der Waals surface area contributed by atoms with Crippen molar-refractivity contribution in [1.82, 2.24) is 42.5 Å². The average molecular weight is 1370 g/mol. The molecule has 34 nitrogen and oxygen atoms in total. The number of rotatable bonds is 33. The van der Waals surface area contributed by atoms with Gasteiger partial charge in [-0.25, -0.2) is 0 Å². The van der Waals surface area contributed by atoms with E-state index in [1.807, 2.05) is 0 Å². The molecule has 0 bridgehead atoms. The molecule has 1 saturated heterocycles. The number of hydrogen-bond donors (Lipinski definition) is 19. The molecule has 4 unspecified atom stereocenters. The number of hydrogen-bond acceptors (Lipinski definition) is 25. The van der Waals surface area contributed by atoms with E-state index in [2.05, 4.69) is 42.5 Å². The van der Waals surface area contributed by atoms with Crippen LogP contribution in [0.25, 0.3) is 0 Å². The van der Waals surface area contributed by atoms with Gasteiger partial charge in [0.2, 0.25) is 58.9 Å². The zero-order chi connectivity index (χ0) is 71.9. The van der Waals surface area contributed by atoms with E-state index < -0.39 is 230 Å². The third-order valence-corrected chi connectivity index (χ3v) is 16.6. The minimum atomic E-state index is -2.52. The van der Waals surface area contributed by atoms with E-state index >= 15 is 0 Å². The zero-order valence-corrected chi connectivity index (χ0v) is 53.7.